The highest BCUT2D eigenvalue weighted by atomic mass is 79.9. The number of aromatic nitrogens is 2. The molecule has 0 radical (unpaired) electrons. The Hall–Kier alpha value is -2.80. The molecule has 0 fully saturated rings. The standard InChI is InChI=1S/C19H18BrN3O3/c1-24-16-10-14(11-17(25-2)18(16)26-3)22-19-21-9-8-15(23-19)12-4-6-13(20)7-5-12/h4-11H,1-3H3,(H,21,22,23). The number of nitrogens with one attached hydrogen (secondary N) is 1. The Bertz CT molecular complexity index is 876. The predicted octanol–water partition coefficient (Wildman–Crippen LogP) is 4.68. The van der Waals surface area contributed by atoms with Crippen molar-refractivity contribution in [1.82, 2.24) is 9.97 Å². The van der Waals surface area contributed by atoms with Crippen LogP contribution >= 0.6 is 15.9 Å². The molecule has 1 aromatic heterocycles. The van der Waals surface area contributed by atoms with Gasteiger partial charge in [-0.1, -0.05) is 28.1 Å². The number of rotatable bonds is 6. The van der Waals surface area contributed by atoms with Gasteiger partial charge in [-0.15, -0.1) is 0 Å². The summed E-state index contributed by atoms with van der Waals surface area (Å²) in [4.78, 5) is 8.86. The van der Waals surface area contributed by atoms with Gasteiger partial charge in [0.05, 0.1) is 27.0 Å². The highest BCUT2D eigenvalue weighted by Gasteiger charge is 2.14. The molecule has 6 nitrogen and oxygen atoms in total. The van der Waals surface area contributed by atoms with Crippen LogP contribution < -0.4 is 19.5 Å². The Morgan fingerprint density at radius 2 is 1.54 bits per heavy atom. The van der Waals surface area contributed by atoms with Gasteiger partial charge in [-0.2, -0.15) is 0 Å². The van der Waals surface area contributed by atoms with Crippen molar-refractivity contribution < 1.29 is 14.2 Å². The summed E-state index contributed by atoms with van der Waals surface area (Å²) in [5.41, 5.74) is 2.55. The summed E-state index contributed by atoms with van der Waals surface area (Å²) in [5.74, 6) is 2.11. The third kappa shape index (κ3) is 3.88. The molecule has 7 heteroatoms. The summed E-state index contributed by atoms with van der Waals surface area (Å²) < 4.78 is 17.1. The maximum atomic E-state index is 5.37. The van der Waals surface area contributed by atoms with E-state index < -0.39 is 0 Å². The molecule has 0 spiro atoms. The second-order valence-electron chi connectivity index (χ2n) is 5.31. The van der Waals surface area contributed by atoms with Crippen molar-refractivity contribution in [2.75, 3.05) is 26.6 Å². The molecule has 26 heavy (non-hydrogen) atoms. The zero-order valence-electron chi connectivity index (χ0n) is 14.6. The fourth-order valence-electron chi connectivity index (χ4n) is 2.48. The van der Waals surface area contributed by atoms with Gasteiger partial charge in [0.2, 0.25) is 11.7 Å². The fourth-order valence-corrected chi connectivity index (χ4v) is 2.75. The van der Waals surface area contributed by atoms with Crippen LogP contribution in [0.1, 0.15) is 0 Å². The molecule has 0 unspecified atom stereocenters. The molecule has 3 rings (SSSR count). The number of benzene rings is 2. The number of hydrogen-bond donors (Lipinski definition) is 1. The van der Waals surface area contributed by atoms with E-state index in [0.29, 0.717) is 23.2 Å². The molecule has 0 amide bonds. The summed E-state index contributed by atoms with van der Waals surface area (Å²) in [5, 5.41) is 3.18. The lowest BCUT2D eigenvalue weighted by Crippen LogP contribution is -2.00. The minimum absolute atomic E-state index is 0.472. The Morgan fingerprint density at radius 1 is 0.885 bits per heavy atom. The molecule has 134 valence electrons. The van der Waals surface area contributed by atoms with E-state index >= 15 is 0 Å². The van der Waals surface area contributed by atoms with E-state index in [1.165, 1.54) is 0 Å². The number of nitrogens with zero attached hydrogens (tertiary/aromatic N) is 2. The average Bonchev–Trinajstić information content (AvgIpc) is 2.68. The van der Waals surface area contributed by atoms with Crippen molar-refractivity contribution in [2.45, 2.75) is 0 Å². The van der Waals surface area contributed by atoms with Crippen molar-refractivity contribution >= 4 is 27.6 Å². The first kappa shape index (κ1) is 18.0. The van der Waals surface area contributed by atoms with Gasteiger partial charge in [-0.3, -0.25) is 0 Å². The van der Waals surface area contributed by atoms with Crippen molar-refractivity contribution in [3.63, 3.8) is 0 Å². The second kappa shape index (κ2) is 8.05. The predicted molar refractivity (Wildman–Crippen MR) is 105 cm³/mol. The quantitative estimate of drug-likeness (QED) is 0.630. The third-order valence-electron chi connectivity index (χ3n) is 3.72. The van der Waals surface area contributed by atoms with Gasteiger partial charge < -0.3 is 19.5 Å². The molecular formula is C19H18BrN3O3. The van der Waals surface area contributed by atoms with Gasteiger partial charge in [0.1, 0.15) is 0 Å². The van der Waals surface area contributed by atoms with Gasteiger partial charge in [0, 0.05) is 34.1 Å². The third-order valence-corrected chi connectivity index (χ3v) is 4.25. The SMILES string of the molecule is COc1cc(Nc2nccc(-c3ccc(Br)cc3)n2)cc(OC)c1OC. The van der Waals surface area contributed by atoms with Crippen LogP contribution in [0.4, 0.5) is 11.6 Å². The maximum Gasteiger partial charge on any atom is 0.227 e. The number of ether oxygens (including phenoxy) is 3. The Morgan fingerprint density at radius 3 is 2.12 bits per heavy atom. The molecule has 0 saturated heterocycles. The van der Waals surface area contributed by atoms with Crippen LogP contribution in [0, 0.1) is 0 Å². The van der Waals surface area contributed by atoms with E-state index in [-0.39, 0.29) is 0 Å². The van der Waals surface area contributed by atoms with Crippen LogP contribution in [0.25, 0.3) is 11.3 Å². The smallest absolute Gasteiger partial charge is 0.227 e. The molecule has 0 bridgehead atoms. The largest absolute Gasteiger partial charge is 0.493 e. The molecule has 0 aliphatic rings. The van der Waals surface area contributed by atoms with Gasteiger partial charge >= 0.3 is 0 Å². The Kier molecular flexibility index (Phi) is 5.58. The first-order chi connectivity index (χ1) is 12.6. The van der Waals surface area contributed by atoms with E-state index in [0.717, 1.165) is 21.4 Å². The summed E-state index contributed by atoms with van der Waals surface area (Å²) in [6.07, 6.45) is 1.71. The molecule has 1 heterocycles. The highest BCUT2D eigenvalue weighted by molar-refractivity contribution is 9.10. The Balaban J connectivity index is 1.92. The highest BCUT2D eigenvalue weighted by Crippen LogP contribution is 2.40. The van der Waals surface area contributed by atoms with Gasteiger partial charge in [0.25, 0.3) is 0 Å². The number of anilines is 2. The van der Waals surface area contributed by atoms with Crippen LogP contribution in [0.2, 0.25) is 0 Å². The lowest BCUT2D eigenvalue weighted by atomic mass is 10.1. The fraction of sp³-hybridized carbons (Fsp3) is 0.158. The zero-order chi connectivity index (χ0) is 18.5. The van der Waals surface area contributed by atoms with Crippen molar-refractivity contribution in [3.05, 3.63) is 53.1 Å². The number of hydrogen-bond acceptors (Lipinski definition) is 6. The molecular weight excluding hydrogens is 398 g/mol. The van der Waals surface area contributed by atoms with Crippen LogP contribution in [0.15, 0.2) is 53.1 Å². The first-order valence-electron chi connectivity index (χ1n) is 7.80. The van der Waals surface area contributed by atoms with Gasteiger partial charge in [0.15, 0.2) is 11.5 Å². The van der Waals surface area contributed by atoms with E-state index in [2.05, 4.69) is 31.2 Å². The minimum Gasteiger partial charge on any atom is -0.493 e. The lowest BCUT2D eigenvalue weighted by Gasteiger charge is -2.14. The van der Waals surface area contributed by atoms with Crippen LogP contribution in [-0.2, 0) is 0 Å². The molecule has 0 aliphatic carbocycles. The summed E-state index contributed by atoms with van der Waals surface area (Å²) in [6.45, 7) is 0. The van der Waals surface area contributed by atoms with E-state index in [1.807, 2.05) is 30.3 Å². The molecule has 2 aromatic carbocycles. The van der Waals surface area contributed by atoms with Crippen molar-refractivity contribution in [3.8, 4) is 28.5 Å². The maximum absolute atomic E-state index is 5.37. The van der Waals surface area contributed by atoms with Crippen LogP contribution in [0.3, 0.4) is 0 Å². The van der Waals surface area contributed by atoms with Crippen LogP contribution in [0.5, 0.6) is 17.2 Å². The Labute approximate surface area is 160 Å². The zero-order valence-corrected chi connectivity index (χ0v) is 16.2. The first-order valence-corrected chi connectivity index (χ1v) is 8.60. The molecule has 0 aliphatic heterocycles. The topological polar surface area (TPSA) is 65.5 Å². The molecule has 3 aromatic rings. The summed E-state index contributed by atoms with van der Waals surface area (Å²) in [7, 11) is 4.72. The van der Waals surface area contributed by atoms with E-state index in [4.69, 9.17) is 14.2 Å². The molecule has 0 saturated carbocycles. The number of methoxy groups -OCH3 is 3. The van der Waals surface area contributed by atoms with Crippen molar-refractivity contribution in [1.29, 1.82) is 0 Å². The molecule has 0 atom stereocenters. The van der Waals surface area contributed by atoms with Gasteiger partial charge in [-0.25, -0.2) is 9.97 Å². The lowest BCUT2D eigenvalue weighted by molar-refractivity contribution is 0.324. The summed E-state index contributed by atoms with van der Waals surface area (Å²) >= 11 is 3.44. The summed E-state index contributed by atoms with van der Waals surface area (Å²) in [6, 6.07) is 13.4. The minimum atomic E-state index is 0.472. The monoisotopic (exact) mass is 415 g/mol. The number of halogens is 1. The molecule has 1 N–H and O–H groups in total. The van der Waals surface area contributed by atoms with Crippen LogP contribution in [-0.4, -0.2) is 31.3 Å². The van der Waals surface area contributed by atoms with Gasteiger partial charge in [-0.05, 0) is 18.2 Å². The van der Waals surface area contributed by atoms with Crippen molar-refractivity contribution in [2.24, 2.45) is 0 Å². The van der Waals surface area contributed by atoms with E-state index in [1.54, 1.807) is 39.7 Å². The van der Waals surface area contributed by atoms with E-state index in [9.17, 15) is 0 Å². The second-order valence-corrected chi connectivity index (χ2v) is 6.23. The normalized spacial score (nSPS) is 10.3. The average molecular weight is 416 g/mol.